The maximum Gasteiger partial charge on any atom is 0.269 e. The third-order valence-corrected chi connectivity index (χ3v) is 6.09. The van der Waals surface area contributed by atoms with Crippen molar-refractivity contribution in [3.05, 3.63) is 70.0 Å². The lowest BCUT2D eigenvalue weighted by atomic mass is 10.1. The summed E-state index contributed by atoms with van der Waals surface area (Å²) < 4.78 is 13.2. The fourth-order valence-electron chi connectivity index (χ4n) is 3.17. The summed E-state index contributed by atoms with van der Waals surface area (Å²) in [6, 6.07) is 11.5. The standard InChI is InChI=1S/C17H12FN3O3S2/c18-11-4-6-12(7-5-11)19-15(22)14-9-26-16(20(14)17(19)25)10-2-1-3-13(8-10)21(23)24/h1-8,14,16H,9H2/t14-,16+/m0/s1. The number of carbonyl (C=O) groups is 1. The summed E-state index contributed by atoms with van der Waals surface area (Å²) in [4.78, 5) is 26.6. The number of benzene rings is 2. The molecule has 0 radical (unpaired) electrons. The Morgan fingerprint density at radius 3 is 2.65 bits per heavy atom. The molecule has 0 saturated carbocycles. The maximum atomic E-state index is 13.2. The minimum absolute atomic E-state index is 0.00150. The first kappa shape index (κ1) is 16.9. The lowest BCUT2D eigenvalue weighted by Gasteiger charge is -2.25. The Morgan fingerprint density at radius 1 is 1.23 bits per heavy atom. The van der Waals surface area contributed by atoms with Gasteiger partial charge in [0.15, 0.2) is 5.11 Å². The zero-order valence-corrected chi connectivity index (χ0v) is 14.9. The molecule has 132 valence electrons. The maximum absolute atomic E-state index is 13.2. The number of nitrogens with zero attached hydrogens (tertiary/aromatic N) is 3. The fourth-order valence-corrected chi connectivity index (χ4v) is 5.07. The van der Waals surface area contributed by atoms with Gasteiger partial charge in [-0.05, 0) is 42.0 Å². The summed E-state index contributed by atoms with van der Waals surface area (Å²) in [6.07, 6.45) is 0. The number of anilines is 1. The topological polar surface area (TPSA) is 66.7 Å². The van der Waals surface area contributed by atoms with E-state index in [0.29, 0.717) is 16.6 Å². The van der Waals surface area contributed by atoms with Crippen molar-refractivity contribution in [1.82, 2.24) is 4.90 Å². The molecule has 0 bridgehead atoms. The molecule has 2 saturated heterocycles. The molecule has 0 unspecified atom stereocenters. The molecule has 4 rings (SSSR count). The van der Waals surface area contributed by atoms with Gasteiger partial charge in [0.1, 0.15) is 17.2 Å². The van der Waals surface area contributed by atoms with Crippen molar-refractivity contribution in [1.29, 1.82) is 0 Å². The molecule has 26 heavy (non-hydrogen) atoms. The molecule has 2 aliphatic rings. The number of carbonyl (C=O) groups excluding carboxylic acids is 1. The van der Waals surface area contributed by atoms with Crippen LogP contribution in [0.1, 0.15) is 10.9 Å². The van der Waals surface area contributed by atoms with E-state index < -0.39 is 16.8 Å². The SMILES string of the molecule is O=C1[C@@H]2CS[C@H](c3cccc([N+](=O)[O-])c3)N2C(=S)N1c1ccc(F)cc1. The third kappa shape index (κ3) is 2.63. The van der Waals surface area contributed by atoms with Crippen molar-refractivity contribution in [2.75, 3.05) is 10.7 Å². The van der Waals surface area contributed by atoms with Crippen molar-refractivity contribution >= 4 is 46.4 Å². The van der Waals surface area contributed by atoms with Crippen molar-refractivity contribution in [3.8, 4) is 0 Å². The smallest absolute Gasteiger partial charge is 0.269 e. The van der Waals surface area contributed by atoms with E-state index in [-0.39, 0.29) is 17.0 Å². The number of amides is 1. The summed E-state index contributed by atoms with van der Waals surface area (Å²) in [6.45, 7) is 0. The number of hydrogen-bond donors (Lipinski definition) is 0. The van der Waals surface area contributed by atoms with Crippen LogP contribution in [0, 0.1) is 15.9 Å². The number of thioether (sulfide) groups is 1. The number of nitro benzene ring substituents is 1. The third-order valence-electron chi connectivity index (χ3n) is 4.37. The van der Waals surface area contributed by atoms with Gasteiger partial charge in [-0.3, -0.25) is 19.8 Å². The molecule has 2 aromatic carbocycles. The van der Waals surface area contributed by atoms with Crippen molar-refractivity contribution in [3.63, 3.8) is 0 Å². The molecule has 2 heterocycles. The highest BCUT2D eigenvalue weighted by Crippen LogP contribution is 2.46. The van der Waals surface area contributed by atoms with Gasteiger partial charge in [-0.2, -0.15) is 0 Å². The van der Waals surface area contributed by atoms with Crippen LogP contribution >= 0.6 is 24.0 Å². The van der Waals surface area contributed by atoms with Crippen molar-refractivity contribution < 1.29 is 14.1 Å². The number of thiocarbonyl (C=S) groups is 1. The number of rotatable bonds is 3. The Labute approximate surface area is 157 Å². The Bertz CT molecular complexity index is 922. The van der Waals surface area contributed by atoms with E-state index in [4.69, 9.17) is 12.2 Å². The number of halogens is 1. The van der Waals surface area contributed by atoms with E-state index >= 15 is 0 Å². The van der Waals surface area contributed by atoms with Gasteiger partial charge in [-0.15, -0.1) is 11.8 Å². The number of non-ortho nitro benzene ring substituents is 1. The van der Waals surface area contributed by atoms with Gasteiger partial charge >= 0.3 is 0 Å². The molecule has 0 N–H and O–H groups in total. The number of nitro groups is 1. The second-order valence-corrected chi connectivity index (χ2v) is 7.37. The monoisotopic (exact) mass is 389 g/mol. The second kappa shape index (κ2) is 6.33. The van der Waals surface area contributed by atoms with Crippen LogP contribution in [0.3, 0.4) is 0 Å². The van der Waals surface area contributed by atoms with Gasteiger partial charge < -0.3 is 4.90 Å². The van der Waals surface area contributed by atoms with Crippen LogP contribution in [0.2, 0.25) is 0 Å². The zero-order valence-electron chi connectivity index (χ0n) is 13.2. The van der Waals surface area contributed by atoms with Gasteiger partial charge in [0, 0.05) is 17.9 Å². The number of hydrogen-bond acceptors (Lipinski definition) is 5. The van der Waals surface area contributed by atoms with Crippen molar-refractivity contribution in [2.45, 2.75) is 11.4 Å². The van der Waals surface area contributed by atoms with E-state index in [1.807, 2.05) is 4.90 Å². The summed E-state index contributed by atoms with van der Waals surface area (Å²) in [7, 11) is 0. The van der Waals surface area contributed by atoms with Gasteiger partial charge in [0.05, 0.1) is 10.6 Å². The molecule has 0 aromatic heterocycles. The summed E-state index contributed by atoms with van der Waals surface area (Å²) in [5.74, 6) is -0.0248. The Kier molecular flexibility index (Phi) is 4.12. The first-order chi connectivity index (χ1) is 12.5. The first-order valence-electron chi connectivity index (χ1n) is 7.75. The van der Waals surface area contributed by atoms with Crippen LogP contribution in [0.15, 0.2) is 48.5 Å². The van der Waals surface area contributed by atoms with Gasteiger partial charge in [-0.25, -0.2) is 4.39 Å². The predicted molar refractivity (Wildman–Crippen MR) is 100 cm³/mol. The zero-order chi connectivity index (χ0) is 18.4. The highest BCUT2D eigenvalue weighted by atomic mass is 32.2. The average Bonchev–Trinajstić information content (AvgIpc) is 3.17. The summed E-state index contributed by atoms with van der Waals surface area (Å²) >= 11 is 7.05. The van der Waals surface area contributed by atoms with Crippen LogP contribution < -0.4 is 4.90 Å². The molecular weight excluding hydrogens is 377 g/mol. The van der Waals surface area contributed by atoms with Crippen LogP contribution in [0.5, 0.6) is 0 Å². The largest absolute Gasteiger partial charge is 0.319 e. The van der Waals surface area contributed by atoms with E-state index in [2.05, 4.69) is 0 Å². The highest BCUT2D eigenvalue weighted by Gasteiger charge is 2.50. The lowest BCUT2D eigenvalue weighted by Crippen LogP contribution is -2.33. The fraction of sp³-hybridized carbons (Fsp3) is 0.176. The van der Waals surface area contributed by atoms with Crippen LogP contribution in [0.25, 0.3) is 0 Å². The predicted octanol–water partition coefficient (Wildman–Crippen LogP) is 3.48. The molecule has 0 spiro atoms. The Balaban J connectivity index is 1.68. The second-order valence-electron chi connectivity index (χ2n) is 5.89. The Hall–Kier alpha value is -2.52. The quantitative estimate of drug-likeness (QED) is 0.455. The Morgan fingerprint density at radius 2 is 1.96 bits per heavy atom. The highest BCUT2D eigenvalue weighted by molar-refractivity contribution is 7.99. The average molecular weight is 389 g/mol. The number of fused-ring (bicyclic) bond motifs is 1. The lowest BCUT2D eigenvalue weighted by molar-refractivity contribution is -0.384. The first-order valence-corrected chi connectivity index (χ1v) is 9.21. The van der Waals surface area contributed by atoms with Crippen LogP contribution in [-0.4, -0.2) is 32.6 Å². The van der Waals surface area contributed by atoms with Crippen LogP contribution in [-0.2, 0) is 4.79 Å². The minimum atomic E-state index is -0.446. The molecule has 1 amide bonds. The molecule has 2 atom stereocenters. The summed E-state index contributed by atoms with van der Waals surface area (Å²) in [5.41, 5.74) is 1.24. The summed E-state index contributed by atoms with van der Waals surface area (Å²) in [5, 5.41) is 11.1. The molecule has 0 aliphatic carbocycles. The van der Waals surface area contributed by atoms with Crippen molar-refractivity contribution in [2.24, 2.45) is 0 Å². The molecule has 9 heteroatoms. The molecule has 2 aromatic rings. The van der Waals surface area contributed by atoms with Gasteiger partial charge in [0.2, 0.25) is 0 Å². The van der Waals surface area contributed by atoms with E-state index in [1.54, 1.807) is 12.1 Å². The molecule has 6 nitrogen and oxygen atoms in total. The van der Waals surface area contributed by atoms with Gasteiger partial charge in [-0.1, -0.05) is 12.1 Å². The minimum Gasteiger partial charge on any atom is -0.319 e. The van der Waals surface area contributed by atoms with E-state index in [1.165, 1.54) is 53.1 Å². The normalized spacial score (nSPS) is 22.0. The van der Waals surface area contributed by atoms with E-state index in [9.17, 15) is 19.3 Å². The van der Waals surface area contributed by atoms with Gasteiger partial charge in [0.25, 0.3) is 11.6 Å². The van der Waals surface area contributed by atoms with Crippen LogP contribution in [0.4, 0.5) is 15.8 Å². The molecular formula is C17H12FN3O3S2. The van der Waals surface area contributed by atoms with E-state index in [0.717, 1.165) is 5.56 Å². The molecule has 2 aliphatic heterocycles. The molecule has 2 fully saturated rings.